The van der Waals surface area contributed by atoms with Gasteiger partial charge in [0.25, 0.3) is 0 Å². The zero-order chi connectivity index (χ0) is 20.6. The van der Waals surface area contributed by atoms with Gasteiger partial charge in [-0.05, 0) is 37.5 Å². The van der Waals surface area contributed by atoms with Crippen LogP contribution in [-0.4, -0.2) is 18.8 Å². The topological polar surface area (TPSA) is 21.8 Å². The van der Waals surface area contributed by atoms with E-state index in [4.69, 9.17) is 9.47 Å². The predicted molar refractivity (Wildman–Crippen MR) is 125 cm³/mol. The van der Waals surface area contributed by atoms with Crippen molar-refractivity contribution in [2.45, 2.75) is 122 Å². The molecule has 2 heteroatoms. The second-order valence-electron chi connectivity index (χ2n) is 9.37. The van der Waals surface area contributed by atoms with Crippen LogP contribution in [0.25, 0.3) is 0 Å². The van der Waals surface area contributed by atoms with E-state index in [-0.39, 0.29) is 5.60 Å². The highest BCUT2D eigenvalue weighted by atomic mass is 16.6. The van der Waals surface area contributed by atoms with Crippen LogP contribution in [-0.2, 0) is 11.2 Å². The highest BCUT2D eigenvalue weighted by Gasteiger charge is 2.40. The minimum absolute atomic E-state index is 0.0352. The molecule has 2 rings (SSSR count). The van der Waals surface area contributed by atoms with E-state index in [1.165, 1.54) is 108 Å². The Labute approximate surface area is 180 Å². The molecule has 0 N–H and O–H groups in total. The van der Waals surface area contributed by atoms with Crippen LogP contribution in [0.1, 0.15) is 116 Å². The van der Waals surface area contributed by atoms with Gasteiger partial charge in [-0.25, -0.2) is 0 Å². The summed E-state index contributed by atoms with van der Waals surface area (Å²) in [7, 11) is 0. The van der Waals surface area contributed by atoms with Crippen molar-refractivity contribution < 1.29 is 9.47 Å². The number of benzene rings is 1. The maximum Gasteiger partial charge on any atom is 0.123 e. The van der Waals surface area contributed by atoms with Crippen LogP contribution in [0.4, 0.5) is 0 Å². The number of aryl methyl sites for hydroxylation is 1. The molecular formula is C27H46O2. The van der Waals surface area contributed by atoms with Gasteiger partial charge in [0, 0.05) is 0 Å². The van der Waals surface area contributed by atoms with Crippen LogP contribution in [0.2, 0.25) is 0 Å². The normalized spacial score (nSPS) is 18.1. The Balaban J connectivity index is 1.33. The first-order chi connectivity index (χ1) is 14.2. The first kappa shape index (κ1) is 24.3. The third kappa shape index (κ3) is 12.3. The molecule has 166 valence electrons. The van der Waals surface area contributed by atoms with Gasteiger partial charge >= 0.3 is 0 Å². The summed E-state index contributed by atoms with van der Waals surface area (Å²) in [6, 6.07) is 8.64. The predicted octanol–water partition coefficient (Wildman–Crippen LogP) is 8.27. The lowest BCUT2D eigenvalue weighted by molar-refractivity contribution is 0.202. The van der Waals surface area contributed by atoms with Gasteiger partial charge in [-0.3, -0.25) is 0 Å². The monoisotopic (exact) mass is 402 g/mol. The molecule has 0 radical (unpaired) electrons. The lowest BCUT2D eigenvalue weighted by atomic mass is 10.0. The summed E-state index contributed by atoms with van der Waals surface area (Å²) < 4.78 is 11.1. The van der Waals surface area contributed by atoms with Crippen LogP contribution < -0.4 is 4.74 Å². The van der Waals surface area contributed by atoms with Gasteiger partial charge in [0.2, 0.25) is 0 Å². The van der Waals surface area contributed by atoms with E-state index < -0.39 is 0 Å². The molecule has 0 amide bonds. The van der Waals surface area contributed by atoms with Crippen LogP contribution >= 0.6 is 0 Å². The fourth-order valence-electron chi connectivity index (χ4n) is 3.90. The van der Waals surface area contributed by atoms with E-state index in [1.54, 1.807) is 0 Å². The number of unbranched alkanes of at least 4 members (excludes halogenated alkanes) is 14. The van der Waals surface area contributed by atoms with Crippen molar-refractivity contribution in [2.75, 3.05) is 13.2 Å². The Hall–Kier alpha value is -1.02. The zero-order valence-corrected chi connectivity index (χ0v) is 19.4. The molecule has 1 aliphatic rings. The minimum atomic E-state index is -0.0352. The van der Waals surface area contributed by atoms with Gasteiger partial charge in [0.1, 0.15) is 18.0 Å². The smallest absolute Gasteiger partial charge is 0.123 e. The van der Waals surface area contributed by atoms with Crippen LogP contribution in [0.15, 0.2) is 24.3 Å². The van der Waals surface area contributed by atoms with E-state index in [2.05, 4.69) is 38.1 Å². The number of rotatable bonds is 19. The SMILES string of the molecule is CCCCCCCCCCCCCCCCCc1ccc(OCC2(C)CO2)cc1. The molecular weight excluding hydrogens is 356 g/mol. The van der Waals surface area contributed by atoms with Gasteiger partial charge in [0.05, 0.1) is 6.61 Å². The lowest BCUT2D eigenvalue weighted by Gasteiger charge is -2.09. The largest absolute Gasteiger partial charge is 0.491 e. The molecule has 1 heterocycles. The molecule has 1 fully saturated rings. The summed E-state index contributed by atoms with van der Waals surface area (Å²) in [6.07, 6.45) is 22.6. The molecule has 0 aliphatic carbocycles. The maximum atomic E-state index is 5.79. The molecule has 1 aliphatic heterocycles. The first-order valence-corrected chi connectivity index (χ1v) is 12.6. The number of ether oxygens (including phenoxy) is 2. The highest BCUT2D eigenvalue weighted by molar-refractivity contribution is 5.27. The molecule has 0 bridgehead atoms. The Morgan fingerprint density at radius 2 is 1.17 bits per heavy atom. The summed E-state index contributed by atoms with van der Waals surface area (Å²) >= 11 is 0. The summed E-state index contributed by atoms with van der Waals surface area (Å²) in [4.78, 5) is 0. The van der Waals surface area contributed by atoms with Gasteiger partial charge in [-0.1, -0.05) is 109 Å². The van der Waals surface area contributed by atoms with Gasteiger partial charge in [-0.15, -0.1) is 0 Å². The van der Waals surface area contributed by atoms with E-state index in [0.717, 1.165) is 12.4 Å². The fraction of sp³-hybridized carbons (Fsp3) is 0.778. The second kappa shape index (κ2) is 14.9. The first-order valence-electron chi connectivity index (χ1n) is 12.6. The average Bonchev–Trinajstić information content (AvgIpc) is 3.48. The standard InChI is InChI=1S/C27H46O2/c1-3-4-5-6-7-8-9-10-11-12-13-14-15-16-17-18-25-19-21-26(22-20-25)28-23-27(2)24-29-27/h19-22H,3-18,23-24H2,1-2H3. The van der Waals surface area contributed by atoms with Crippen molar-refractivity contribution in [1.82, 2.24) is 0 Å². The summed E-state index contributed by atoms with van der Waals surface area (Å²) in [5.41, 5.74) is 1.40. The van der Waals surface area contributed by atoms with Gasteiger partial charge in [0.15, 0.2) is 0 Å². The number of hydrogen-bond acceptors (Lipinski definition) is 2. The average molecular weight is 403 g/mol. The highest BCUT2D eigenvalue weighted by Crippen LogP contribution is 2.27. The van der Waals surface area contributed by atoms with Crippen molar-refractivity contribution in [3.05, 3.63) is 29.8 Å². The molecule has 1 atom stereocenters. The minimum Gasteiger partial charge on any atom is -0.491 e. The number of epoxide rings is 1. The molecule has 0 saturated carbocycles. The second-order valence-corrected chi connectivity index (χ2v) is 9.37. The van der Waals surface area contributed by atoms with E-state index >= 15 is 0 Å². The molecule has 0 aromatic heterocycles. The van der Waals surface area contributed by atoms with Crippen LogP contribution in [0, 0.1) is 0 Å². The van der Waals surface area contributed by atoms with E-state index in [9.17, 15) is 0 Å². The van der Waals surface area contributed by atoms with Gasteiger partial charge < -0.3 is 9.47 Å². The van der Waals surface area contributed by atoms with E-state index in [1.807, 2.05) is 0 Å². The Kier molecular flexibility index (Phi) is 12.4. The third-order valence-electron chi connectivity index (χ3n) is 6.17. The van der Waals surface area contributed by atoms with Crippen LogP contribution in [0.3, 0.4) is 0 Å². The third-order valence-corrected chi connectivity index (χ3v) is 6.17. The molecule has 29 heavy (non-hydrogen) atoms. The van der Waals surface area contributed by atoms with Gasteiger partial charge in [-0.2, -0.15) is 0 Å². The van der Waals surface area contributed by atoms with Crippen LogP contribution in [0.5, 0.6) is 5.75 Å². The molecule has 2 nitrogen and oxygen atoms in total. The molecule has 0 spiro atoms. The van der Waals surface area contributed by atoms with Crippen molar-refractivity contribution in [3.8, 4) is 5.75 Å². The lowest BCUT2D eigenvalue weighted by Crippen LogP contribution is -2.16. The molecule has 1 aromatic carbocycles. The molecule has 1 aromatic rings. The van der Waals surface area contributed by atoms with Crippen molar-refractivity contribution in [3.63, 3.8) is 0 Å². The van der Waals surface area contributed by atoms with E-state index in [0.29, 0.717) is 6.61 Å². The number of hydrogen-bond donors (Lipinski definition) is 0. The quantitative estimate of drug-likeness (QED) is 0.171. The Bertz CT molecular complexity index is 504. The van der Waals surface area contributed by atoms with Crippen molar-refractivity contribution in [2.24, 2.45) is 0 Å². The summed E-state index contributed by atoms with van der Waals surface area (Å²) in [6.45, 7) is 5.87. The fourth-order valence-corrected chi connectivity index (χ4v) is 3.90. The van der Waals surface area contributed by atoms with Crippen molar-refractivity contribution >= 4 is 0 Å². The van der Waals surface area contributed by atoms with Crippen molar-refractivity contribution in [1.29, 1.82) is 0 Å². The molecule has 1 unspecified atom stereocenters. The maximum absolute atomic E-state index is 5.79. The molecule has 1 saturated heterocycles. The Morgan fingerprint density at radius 3 is 1.62 bits per heavy atom. The summed E-state index contributed by atoms with van der Waals surface area (Å²) in [5, 5.41) is 0. The summed E-state index contributed by atoms with van der Waals surface area (Å²) in [5.74, 6) is 0.960. The zero-order valence-electron chi connectivity index (χ0n) is 19.4. The Morgan fingerprint density at radius 1 is 0.724 bits per heavy atom.